The molecule has 1 aromatic heterocycles. The van der Waals surface area contributed by atoms with Gasteiger partial charge in [0.15, 0.2) is 0 Å². The van der Waals surface area contributed by atoms with Gasteiger partial charge in [-0.3, -0.25) is 4.79 Å². The van der Waals surface area contributed by atoms with E-state index in [2.05, 4.69) is 21.7 Å². The number of aromatic nitrogens is 2. The second-order valence-corrected chi connectivity index (χ2v) is 5.86. The molecule has 0 spiro atoms. The molecule has 25 heavy (non-hydrogen) atoms. The maximum atomic E-state index is 11.0. The lowest BCUT2D eigenvalue weighted by Gasteiger charge is -2.13. The fraction of sp³-hybridized carbons (Fsp3) is 0.200. The lowest BCUT2D eigenvalue weighted by atomic mass is 10.1. The summed E-state index contributed by atoms with van der Waals surface area (Å²) in [7, 11) is 0. The van der Waals surface area contributed by atoms with Crippen molar-refractivity contribution in [3.05, 3.63) is 83.9 Å². The first-order chi connectivity index (χ1) is 12.2. The number of ether oxygens (including phenoxy) is 1. The highest BCUT2D eigenvalue weighted by molar-refractivity contribution is 5.74. The highest BCUT2D eigenvalue weighted by atomic mass is 16.5. The van der Waals surface area contributed by atoms with Crippen molar-refractivity contribution in [2.45, 2.75) is 26.0 Å². The van der Waals surface area contributed by atoms with Gasteiger partial charge in [-0.15, -0.1) is 0 Å². The quantitative estimate of drug-likeness (QED) is 0.688. The predicted molar refractivity (Wildman–Crippen MR) is 96.1 cm³/mol. The van der Waals surface area contributed by atoms with E-state index >= 15 is 0 Å². The summed E-state index contributed by atoms with van der Waals surface area (Å²) in [6, 6.07) is 18.0. The molecule has 3 aromatic rings. The number of hydrogen-bond donors (Lipinski definition) is 1. The zero-order valence-corrected chi connectivity index (χ0v) is 14.0. The zero-order chi connectivity index (χ0) is 17.5. The van der Waals surface area contributed by atoms with Crippen LogP contribution in [0.5, 0.6) is 5.75 Å². The minimum atomic E-state index is -0.309. The summed E-state index contributed by atoms with van der Waals surface area (Å²) in [4.78, 5) is 15.3. The number of carbonyl (C=O) groups excluding carboxylic acids is 1. The monoisotopic (exact) mass is 335 g/mol. The third-order valence-electron chi connectivity index (χ3n) is 3.98. The summed E-state index contributed by atoms with van der Waals surface area (Å²) in [6.45, 7) is 1.17. The first kappa shape index (κ1) is 16.8. The number of nitrogens with zero attached hydrogens (tertiary/aromatic N) is 2. The molecule has 0 fully saturated rings. The van der Waals surface area contributed by atoms with Crippen LogP contribution in [0.15, 0.2) is 67.1 Å². The van der Waals surface area contributed by atoms with Crippen LogP contribution < -0.4 is 10.5 Å². The maximum absolute atomic E-state index is 11.0. The van der Waals surface area contributed by atoms with Crippen LogP contribution in [0, 0.1) is 0 Å². The minimum absolute atomic E-state index is 0.309. The number of hydrogen-bond acceptors (Lipinski definition) is 3. The fourth-order valence-electron chi connectivity index (χ4n) is 2.65. The summed E-state index contributed by atoms with van der Waals surface area (Å²) in [5.74, 6) is 0.465. The Morgan fingerprint density at radius 3 is 2.64 bits per heavy atom. The van der Waals surface area contributed by atoms with Crippen LogP contribution in [0.25, 0.3) is 0 Å². The van der Waals surface area contributed by atoms with Gasteiger partial charge >= 0.3 is 0 Å². The first-order valence-corrected chi connectivity index (χ1v) is 8.24. The number of nitrogens with two attached hydrogens (primary N) is 1. The molecule has 0 saturated heterocycles. The van der Waals surface area contributed by atoms with E-state index in [0.29, 0.717) is 19.4 Å². The molecule has 0 unspecified atom stereocenters. The van der Waals surface area contributed by atoms with Crippen LogP contribution in [0.2, 0.25) is 0 Å². The van der Waals surface area contributed by atoms with Gasteiger partial charge in [-0.25, -0.2) is 4.98 Å². The molecule has 1 amide bonds. The Kier molecular flexibility index (Phi) is 5.46. The number of imidazole rings is 1. The van der Waals surface area contributed by atoms with E-state index in [0.717, 1.165) is 23.6 Å². The van der Waals surface area contributed by atoms with E-state index < -0.39 is 0 Å². The van der Waals surface area contributed by atoms with E-state index in [1.54, 1.807) is 0 Å². The van der Waals surface area contributed by atoms with Crippen molar-refractivity contribution < 1.29 is 9.53 Å². The number of rotatable bonds is 8. The Bertz CT molecular complexity index is 828. The van der Waals surface area contributed by atoms with Gasteiger partial charge in [-0.05, 0) is 23.6 Å². The van der Waals surface area contributed by atoms with Crippen LogP contribution in [0.3, 0.4) is 0 Å². The Hall–Kier alpha value is -3.08. The van der Waals surface area contributed by atoms with Crippen molar-refractivity contribution in [3.8, 4) is 5.75 Å². The summed E-state index contributed by atoms with van der Waals surface area (Å²) in [6.07, 6.45) is 4.51. The van der Waals surface area contributed by atoms with Crippen molar-refractivity contribution in [1.82, 2.24) is 9.55 Å². The molecule has 0 atom stereocenters. The van der Waals surface area contributed by atoms with Crippen molar-refractivity contribution in [2.75, 3.05) is 0 Å². The van der Waals surface area contributed by atoms with E-state index in [1.807, 2.05) is 55.0 Å². The molecule has 2 N–H and O–H groups in total. The van der Waals surface area contributed by atoms with Gasteiger partial charge in [0.05, 0.1) is 18.2 Å². The highest BCUT2D eigenvalue weighted by Crippen LogP contribution is 2.21. The number of para-hydroxylation sites is 1. The second kappa shape index (κ2) is 8.15. The van der Waals surface area contributed by atoms with Crippen LogP contribution in [0.1, 0.15) is 23.2 Å². The lowest BCUT2D eigenvalue weighted by Crippen LogP contribution is -2.12. The van der Waals surface area contributed by atoms with Crippen molar-refractivity contribution in [2.24, 2.45) is 5.73 Å². The fourth-order valence-corrected chi connectivity index (χ4v) is 2.65. The molecule has 128 valence electrons. The molecule has 0 radical (unpaired) electrons. The normalized spacial score (nSPS) is 10.6. The Labute approximate surface area is 147 Å². The topological polar surface area (TPSA) is 70.1 Å². The van der Waals surface area contributed by atoms with Crippen molar-refractivity contribution in [1.29, 1.82) is 0 Å². The zero-order valence-electron chi connectivity index (χ0n) is 14.0. The standard InChI is InChI=1S/C20H21N3O2/c21-20(24)11-10-17-8-4-5-9-19(17)25-14-18-12-22-15-23(18)13-16-6-2-1-3-7-16/h1-9,12,15H,10-11,13-14H2,(H2,21,24). The SMILES string of the molecule is NC(=O)CCc1ccccc1OCc1cncn1Cc1ccccc1. The average Bonchev–Trinajstić information content (AvgIpc) is 3.06. The molecule has 5 heteroatoms. The van der Waals surface area contributed by atoms with Gasteiger partial charge in [-0.1, -0.05) is 48.5 Å². The lowest BCUT2D eigenvalue weighted by molar-refractivity contribution is -0.117. The minimum Gasteiger partial charge on any atom is -0.487 e. The van der Waals surface area contributed by atoms with Gasteiger partial charge < -0.3 is 15.0 Å². The molecule has 0 saturated carbocycles. The highest BCUT2D eigenvalue weighted by Gasteiger charge is 2.08. The Balaban J connectivity index is 1.67. The molecule has 0 aliphatic heterocycles. The molecule has 1 heterocycles. The van der Waals surface area contributed by atoms with Gasteiger partial charge in [0.25, 0.3) is 0 Å². The molecule has 0 bridgehead atoms. The van der Waals surface area contributed by atoms with Gasteiger partial charge in [0.1, 0.15) is 12.4 Å². The second-order valence-electron chi connectivity index (χ2n) is 5.86. The summed E-state index contributed by atoms with van der Waals surface area (Å²) < 4.78 is 8.05. The van der Waals surface area contributed by atoms with Crippen LogP contribution >= 0.6 is 0 Å². The number of carbonyl (C=O) groups is 1. The smallest absolute Gasteiger partial charge is 0.217 e. The molecule has 2 aromatic carbocycles. The van der Waals surface area contributed by atoms with Gasteiger partial charge in [-0.2, -0.15) is 0 Å². The molecule has 0 aliphatic carbocycles. The van der Waals surface area contributed by atoms with E-state index in [4.69, 9.17) is 10.5 Å². The summed E-state index contributed by atoms with van der Waals surface area (Å²) in [5.41, 5.74) is 8.43. The number of benzene rings is 2. The number of amides is 1. The third-order valence-corrected chi connectivity index (χ3v) is 3.98. The van der Waals surface area contributed by atoms with Crippen molar-refractivity contribution in [3.63, 3.8) is 0 Å². The van der Waals surface area contributed by atoms with E-state index in [9.17, 15) is 4.79 Å². The maximum Gasteiger partial charge on any atom is 0.217 e. The first-order valence-electron chi connectivity index (χ1n) is 8.24. The van der Waals surface area contributed by atoms with E-state index in [1.165, 1.54) is 5.56 Å². The average molecular weight is 335 g/mol. The van der Waals surface area contributed by atoms with Crippen LogP contribution in [-0.2, 0) is 24.4 Å². The summed E-state index contributed by atoms with van der Waals surface area (Å²) >= 11 is 0. The summed E-state index contributed by atoms with van der Waals surface area (Å²) in [5, 5.41) is 0. The molecular weight excluding hydrogens is 314 g/mol. The predicted octanol–water partition coefficient (Wildman–Crippen LogP) is 2.93. The van der Waals surface area contributed by atoms with Crippen LogP contribution in [0.4, 0.5) is 0 Å². The van der Waals surface area contributed by atoms with Gasteiger partial charge in [0.2, 0.25) is 5.91 Å². The van der Waals surface area contributed by atoms with Gasteiger partial charge in [0, 0.05) is 13.0 Å². The number of aryl methyl sites for hydroxylation is 1. The molecular formula is C20H21N3O2. The largest absolute Gasteiger partial charge is 0.487 e. The van der Waals surface area contributed by atoms with Crippen molar-refractivity contribution >= 4 is 5.91 Å². The molecule has 5 nitrogen and oxygen atoms in total. The number of primary amides is 1. The Morgan fingerprint density at radius 2 is 1.84 bits per heavy atom. The molecule has 3 rings (SSSR count). The Morgan fingerprint density at radius 1 is 1.08 bits per heavy atom. The third kappa shape index (κ3) is 4.70. The van der Waals surface area contributed by atoms with E-state index in [-0.39, 0.29) is 5.91 Å². The molecule has 0 aliphatic rings. The van der Waals surface area contributed by atoms with Crippen LogP contribution in [-0.4, -0.2) is 15.5 Å².